The van der Waals surface area contributed by atoms with Crippen LogP contribution in [0.25, 0.3) is 0 Å². The molecule has 1 fully saturated rings. The maximum atomic E-state index is 9.12. The number of nitrogens with two attached hydrogens (primary N) is 1. The lowest BCUT2D eigenvalue weighted by molar-refractivity contribution is 0.0694. The van der Waals surface area contributed by atoms with Crippen molar-refractivity contribution in [3.05, 3.63) is 0 Å². The van der Waals surface area contributed by atoms with Crippen LogP contribution < -0.4 is 5.73 Å². The molecule has 0 aromatic rings. The topological polar surface area (TPSA) is 46.2 Å². The molecular weight excluding hydrogens is 162 g/mol. The van der Waals surface area contributed by atoms with Gasteiger partial charge in [0.15, 0.2) is 0 Å². The molecule has 2 nitrogen and oxygen atoms in total. The van der Waals surface area contributed by atoms with E-state index in [0.29, 0.717) is 0 Å². The average molecular weight is 185 g/mol. The molecule has 0 aliphatic heterocycles. The summed E-state index contributed by atoms with van der Waals surface area (Å²) in [6.45, 7) is 6.67. The second-order valence-corrected chi connectivity index (χ2v) is 4.98. The second kappa shape index (κ2) is 3.58. The van der Waals surface area contributed by atoms with E-state index in [1.807, 2.05) is 0 Å². The lowest BCUT2D eigenvalue weighted by Gasteiger charge is -2.44. The third-order valence-electron chi connectivity index (χ3n) is 3.83. The van der Waals surface area contributed by atoms with Gasteiger partial charge in [-0.1, -0.05) is 6.92 Å². The molecule has 0 aromatic heterocycles. The number of aliphatic hydroxyl groups is 1. The highest BCUT2D eigenvalue weighted by molar-refractivity contribution is 5.04. The fraction of sp³-hybridized carbons (Fsp3) is 1.00. The summed E-state index contributed by atoms with van der Waals surface area (Å²) in [4.78, 5) is 0. The molecule has 1 aliphatic rings. The van der Waals surface area contributed by atoms with Gasteiger partial charge in [0, 0.05) is 12.1 Å². The maximum Gasteiger partial charge on any atom is 0.0437 e. The smallest absolute Gasteiger partial charge is 0.0437 e. The first-order valence-corrected chi connectivity index (χ1v) is 5.37. The molecule has 0 bridgehead atoms. The van der Waals surface area contributed by atoms with Gasteiger partial charge in [-0.15, -0.1) is 0 Å². The minimum Gasteiger partial charge on any atom is -0.396 e. The monoisotopic (exact) mass is 185 g/mol. The van der Waals surface area contributed by atoms with Crippen molar-refractivity contribution in [1.29, 1.82) is 0 Å². The molecule has 2 heteroatoms. The van der Waals surface area contributed by atoms with Crippen molar-refractivity contribution in [3.8, 4) is 0 Å². The molecule has 3 N–H and O–H groups in total. The zero-order valence-electron chi connectivity index (χ0n) is 9.14. The van der Waals surface area contributed by atoms with Crippen LogP contribution in [-0.2, 0) is 0 Å². The summed E-state index contributed by atoms with van der Waals surface area (Å²) in [5.74, 6) is 0.754. The van der Waals surface area contributed by atoms with E-state index >= 15 is 0 Å². The quantitative estimate of drug-likeness (QED) is 0.687. The standard InChI is InChI=1S/C11H23NO/c1-4-11(7-8-13,9-5-6-9)10(2,3)12/h9,13H,4-8,12H2,1-3H3. The Kier molecular flexibility index (Phi) is 3.03. The number of rotatable bonds is 5. The van der Waals surface area contributed by atoms with Crippen molar-refractivity contribution in [3.63, 3.8) is 0 Å². The number of hydrogen-bond donors (Lipinski definition) is 2. The fourth-order valence-electron chi connectivity index (χ4n) is 2.81. The SMILES string of the molecule is CCC(CCO)(C1CC1)C(C)(C)N. The minimum absolute atomic E-state index is 0.161. The molecule has 0 heterocycles. The van der Waals surface area contributed by atoms with Crippen LogP contribution in [0.2, 0.25) is 0 Å². The molecule has 78 valence electrons. The van der Waals surface area contributed by atoms with Gasteiger partial charge in [-0.3, -0.25) is 0 Å². The van der Waals surface area contributed by atoms with Crippen LogP contribution in [0, 0.1) is 11.3 Å². The highest BCUT2D eigenvalue weighted by Gasteiger charge is 2.50. The van der Waals surface area contributed by atoms with Crippen molar-refractivity contribution < 1.29 is 5.11 Å². The predicted octanol–water partition coefficient (Wildman–Crippen LogP) is 1.91. The Hall–Kier alpha value is -0.0800. The van der Waals surface area contributed by atoms with Crippen molar-refractivity contribution in [1.82, 2.24) is 0 Å². The minimum atomic E-state index is -0.161. The molecule has 0 aromatic carbocycles. The van der Waals surface area contributed by atoms with Gasteiger partial charge in [-0.25, -0.2) is 0 Å². The van der Waals surface area contributed by atoms with Crippen molar-refractivity contribution in [2.75, 3.05) is 6.61 Å². The van der Waals surface area contributed by atoms with Gasteiger partial charge in [-0.2, -0.15) is 0 Å². The van der Waals surface area contributed by atoms with E-state index < -0.39 is 0 Å². The normalized spacial score (nSPS) is 22.8. The van der Waals surface area contributed by atoms with Gasteiger partial charge in [-0.05, 0) is 50.9 Å². The molecule has 1 atom stereocenters. The summed E-state index contributed by atoms with van der Waals surface area (Å²) in [6.07, 6.45) is 4.54. The Morgan fingerprint density at radius 2 is 1.92 bits per heavy atom. The molecule has 0 saturated heterocycles. The van der Waals surface area contributed by atoms with Crippen LogP contribution in [0.3, 0.4) is 0 Å². The highest BCUT2D eigenvalue weighted by Crippen LogP contribution is 2.54. The third-order valence-corrected chi connectivity index (χ3v) is 3.83. The first-order chi connectivity index (χ1) is 5.98. The van der Waals surface area contributed by atoms with Gasteiger partial charge in [0.2, 0.25) is 0 Å². The van der Waals surface area contributed by atoms with Crippen LogP contribution in [-0.4, -0.2) is 17.3 Å². The Bertz CT molecular complexity index is 169. The lowest BCUT2D eigenvalue weighted by Crippen LogP contribution is -2.52. The zero-order valence-corrected chi connectivity index (χ0v) is 9.14. The Balaban J connectivity index is 2.81. The average Bonchev–Trinajstić information content (AvgIpc) is 2.80. The van der Waals surface area contributed by atoms with E-state index in [-0.39, 0.29) is 17.6 Å². The molecule has 13 heavy (non-hydrogen) atoms. The Labute approximate surface area is 81.5 Å². The summed E-state index contributed by atoms with van der Waals surface area (Å²) >= 11 is 0. The molecule has 0 radical (unpaired) electrons. The van der Waals surface area contributed by atoms with Crippen LogP contribution in [0.4, 0.5) is 0 Å². The first-order valence-electron chi connectivity index (χ1n) is 5.37. The van der Waals surface area contributed by atoms with Crippen LogP contribution in [0.15, 0.2) is 0 Å². The van der Waals surface area contributed by atoms with Crippen LogP contribution in [0.1, 0.15) is 46.5 Å². The molecule has 1 rings (SSSR count). The number of hydrogen-bond acceptors (Lipinski definition) is 2. The first kappa shape index (κ1) is 11.0. The fourth-order valence-corrected chi connectivity index (χ4v) is 2.81. The Morgan fingerprint density at radius 3 is 2.15 bits per heavy atom. The van der Waals surface area contributed by atoms with Crippen LogP contribution >= 0.6 is 0 Å². The van der Waals surface area contributed by atoms with Crippen molar-refractivity contribution >= 4 is 0 Å². The van der Waals surface area contributed by atoms with E-state index in [1.165, 1.54) is 12.8 Å². The largest absolute Gasteiger partial charge is 0.396 e. The summed E-state index contributed by atoms with van der Waals surface area (Å²) in [5, 5.41) is 9.12. The second-order valence-electron chi connectivity index (χ2n) is 4.98. The Morgan fingerprint density at radius 1 is 1.38 bits per heavy atom. The summed E-state index contributed by atoms with van der Waals surface area (Å²) in [7, 11) is 0. The van der Waals surface area contributed by atoms with Crippen LogP contribution in [0.5, 0.6) is 0 Å². The molecule has 0 amide bonds. The van der Waals surface area contributed by atoms with Gasteiger partial charge in [0.05, 0.1) is 0 Å². The number of aliphatic hydroxyl groups excluding tert-OH is 1. The molecule has 1 saturated carbocycles. The van der Waals surface area contributed by atoms with Crippen molar-refractivity contribution in [2.45, 2.75) is 52.0 Å². The maximum absolute atomic E-state index is 9.12. The third kappa shape index (κ3) is 1.89. The highest BCUT2D eigenvalue weighted by atomic mass is 16.3. The van der Waals surface area contributed by atoms with Gasteiger partial charge in [0.1, 0.15) is 0 Å². The lowest BCUT2D eigenvalue weighted by atomic mass is 9.64. The summed E-state index contributed by atoms with van der Waals surface area (Å²) in [5.41, 5.74) is 6.25. The zero-order chi connectivity index (χ0) is 10.1. The van der Waals surface area contributed by atoms with E-state index in [4.69, 9.17) is 10.8 Å². The summed E-state index contributed by atoms with van der Waals surface area (Å²) < 4.78 is 0. The van der Waals surface area contributed by atoms with Crippen molar-refractivity contribution in [2.24, 2.45) is 17.1 Å². The molecule has 0 spiro atoms. The van der Waals surface area contributed by atoms with Gasteiger partial charge in [0.25, 0.3) is 0 Å². The molecule has 1 unspecified atom stereocenters. The molecule has 1 aliphatic carbocycles. The van der Waals surface area contributed by atoms with Gasteiger partial charge < -0.3 is 10.8 Å². The predicted molar refractivity (Wildman–Crippen MR) is 55.4 cm³/mol. The van der Waals surface area contributed by atoms with Gasteiger partial charge >= 0.3 is 0 Å². The van der Waals surface area contributed by atoms with E-state index in [9.17, 15) is 0 Å². The van der Waals surface area contributed by atoms with E-state index in [1.54, 1.807) is 0 Å². The van der Waals surface area contributed by atoms with E-state index in [2.05, 4.69) is 20.8 Å². The molecular formula is C11H23NO. The summed E-state index contributed by atoms with van der Waals surface area (Å²) in [6, 6.07) is 0. The van der Waals surface area contributed by atoms with E-state index in [0.717, 1.165) is 18.8 Å².